The quantitative estimate of drug-likeness (QED) is 0.688. The zero-order chi connectivity index (χ0) is 21.3. The van der Waals surface area contributed by atoms with E-state index in [1.165, 1.54) is 10.5 Å². The molecular formula is C22H31N5O3. The third-order valence-electron chi connectivity index (χ3n) is 6.20. The van der Waals surface area contributed by atoms with Crippen molar-refractivity contribution in [3.63, 3.8) is 0 Å². The van der Waals surface area contributed by atoms with E-state index in [9.17, 15) is 14.4 Å². The monoisotopic (exact) mass is 413 g/mol. The summed E-state index contributed by atoms with van der Waals surface area (Å²) in [5.41, 5.74) is 2.30. The van der Waals surface area contributed by atoms with E-state index in [4.69, 9.17) is 0 Å². The molecule has 2 fully saturated rings. The predicted octanol–water partition coefficient (Wildman–Crippen LogP) is 0.518. The summed E-state index contributed by atoms with van der Waals surface area (Å²) >= 11 is 0. The van der Waals surface area contributed by atoms with E-state index in [0.717, 1.165) is 31.7 Å². The summed E-state index contributed by atoms with van der Waals surface area (Å²) in [4.78, 5) is 45.2. The number of carbonyl (C=O) groups excluding carboxylic acids is 3. The molecule has 2 saturated heterocycles. The lowest BCUT2D eigenvalue weighted by Gasteiger charge is -2.34. The Morgan fingerprint density at radius 3 is 2.40 bits per heavy atom. The standard InChI is InChI=1S/C22H31N5O3/c1-16(2)23-20(28)15-25-9-7-24(8-10-25)11-12-26-21(29)19-13-17-5-3-4-6-18(17)14-27(19)22(26)30/h3-6,16,19H,7-15H2,1-2H3,(H,23,28)/t19-/m0/s1. The van der Waals surface area contributed by atoms with Gasteiger partial charge in [-0.3, -0.25) is 24.3 Å². The number of amides is 4. The van der Waals surface area contributed by atoms with Crippen LogP contribution in [0.15, 0.2) is 24.3 Å². The van der Waals surface area contributed by atoms with Gasteiger partial charge in [0.25, 0.3) is 5.91 Å². The minimum Gasteiger partial charge on any atom is -0.353 e. The number of benzene rings is 1. The zero-order valence-electron chi connectivity index (χ0n) is 17.8. The average molecular weight is 414 g/mol. The first-order valence-electron chi connectivity index (χ1n) is 10.8. The average Bonchev–Trinajstić information content (AvgIpc) is 2.95. The van der Waals surface area contributed by atoms with Crippen LogP contribution in [0.25, 0.3) is 0 Å². The largest absolute Gasteiger partial charge is 0.353 e. The first-order valence-corrected chi connectivity index (χ1v) is 10.8. The fourth-order valence-electron chi connectivity index (χ4n) is 4.56. The Hall–Kier alpha value is -2.45. The smallest absolute Gasteiger partial charge is 0.327 e. The third kappa shape index (κ3) is 4.34. The topological polar surface area (TPSA) is 76.2 Å². The van der Waals surface area contributed by atoms with Crippen LogP contribution in [0.4, 0.5) is 4.79 Å². The highest BCUT2D eigenvalue weighted by molar-refractivity contribution is 6.04. The fourth-order valence-corrected chi connectivity index (χ4v) is 4.56. The van der Waals surface area contributed by atoms with E-state index < -0.39 is 0 Å². The Labute approximate surface area is 177 Å². The second-order valence-electron chi connectivity index (χ2n) is 8.73. The van der Waals surface area contributed by atoms with Crippen LogP contribution < -0.4 is 5.32 Å². The van der Waals surface area contributed by atoms with Gasteiger partial charge in [0.2, 0.25) is 5.91 Å². The molecule has 1 N–H and O–H groups in total. The van der Waals surface area contributed by atoms with Crippen molar-refractivity contribution in [3.05, 3.63) is 35.4 Å². The van der Waals surface area contributed by atoms with Crippen molar-refractivity contribution >= 4 is 17.8 Å². The first kappa shape index (κ1) is 20.8. The van der Waals surface area contributed by atoms with Crippen molar-refractivity contribution in [1.29, 1.82) is 0 Å². The van der Waals surface area contributed by atoms with E-state index in [-0.39, 0.29) is 29.9 Å². The van der Waals surface area contributed by atoms with Crippen molar-refractivity contribution in [1.82, 2.24) is 24.9 Å². The SMILES string of the molecule is CC(C)NC(=O)CN1CCN(CCN2C(=O)[C@@H]3Cc4ccccc4CN3C2=O)CC1. The normalized spacial score (nSPS) is 22.4. The number of nitrogens with one attached hydrogen (secondary N) is 1. The summed E-state index contributed by atoms with van der Waals surface area (Å²) in [6.07, 6.45) is 0.606. The number of imide groups is 1. The number of fused-ring (bicyclic) bond motifs is 2. The summed E-state index contributed by atoms with van der Waals surface area (Å²) in [6.45, 7) is 9.27. The van der Waals surface area contributed by atoms with Crippen LogP contribution in [0.5, 0.6) is 0 Å². The van der Waals surface area contributed by atoms with Gasteiger partial charge < -0.3 is 10.2 Å². The van der Waals surface area contributed by atoms with Gasteiger partial charge in [-0.25, -0.2) is 4.79 Å². The van der Waals surface area contributed by atoms with Gasteiger partial charge in [-0.2, -0.15) is 0 Å². The molecule has 3 heterocycles. The third-order valence-corrected chi connectivity index (χ3v) is 6.20. The highest BCUT2D eigenvalue weighted by Gasteiger charge is 2.46. The molecule has 0 aliphatic carbocycles. The van der Waals surface area contributed by atoms with Crippen molar-refractivity contribution < 1.29 is 14.4 Å². The lowest BCUT2D eigenvalue weighted by Crippen LogP contribution is -2.51. The van der Waals surface area contributed by atoms with E-state index in [2.05, 4.69) is 15.1 Å². The lowest BCUT2D eigenvalue weighted by molar-refractivity contribution is -0.129. The molecule has 1 aromatic rings. The molecule has 0 spiro atoms. The van der Waals surface area contributed by atoms with Crippen molar-refractivity contribution in [2.45, 2.75) is 38.9 Å². The predicted molar refractivity (Wildman–Crippen MR) is 113 cm³/mol. The molecular weight excluding hydrogens is 382 g/mol. The highest BCUT2D eigenvalue weighted by atomic mass is 16.2. The molecule has 0 aromatic heterocycles. The molecule has 0 saturated carbocycles. The molecule has 1 atom stereocenters. The van der Waals surface area contributed by atoms with Crippen molar-refractivity contribution in [2.24, 2.45) is 0 Å². The summed E-state index contributed by atoms with van der Waals surface area (Å²) in [5.74, 6) is -0.0112. The maximum Gasteiger partial charge on any atom is 0.327 e. The lowest BCUT2D eigenvalue weighted by atomic mass is 9.95. The van der Waals surface area contributed by atoms with Gasteiger partial charge >= 0.3 is 6.03 Å². The van der Waals surface area contributed by atoms with Crippen molar-refractivity contribution in [2.75, 3.05) is 45.8 Å². The molecule has 8 heteroatoms. The molecule has 0 radical (unpaired) electrons. The maximum atomic E-state index is 12.9. The van der Waals surface area contributed by atoms with Crippen molar-refractivity contribution in [3.8, 4) is 0 Å². The molecule has 4 rings (SSSR count). The minimum absolute atomic E-state index is 0.0596. The van der Waals surface area contributed by atoms with E-state index in [1.807, 2.05) is 38.1 Å². The van der Waals surface area contributed by atoms with Crippen LogP contribution in [-0.4, -0.2) is 95.3 Å². The van der Waals surface area contributed by atoms with Gasteiger partial charge in [-0.1, -0.05) is 24.3 Å². The van der Waals surface area contributed by atoms with Gasteiger partial charge in [0.1, 0.15) is 6.04 Å². The van der Waals surface area contributed by atoms with Crippen LogP contribution in [-0.2, 0) is 22.6 Å². The summed E-state index contributed by atoms with van der Waals surface area (Å²) in [7, 11) is 0. The molecule has 1 aromatic carbocycles. The van der Waals surface area contributed by atoms with Crippen LogP contribution in [0.1, 0.15) is 25.0 Å². The zero-order valence-corrected chi connectivity index (χ0v) is 17.8. The highest BCUT2D eigenvalue weighted by Crippen LogP contribution is 2.29. The molecule has 30 heavy (non-hydrogen) atoms. The molecule has 4 amide bonds. The second kappa shape index (κ2) is 8.73. The number of hydrogen-bond donors (Lipinski definition) is 1. The number of nitrogens with zero attached hydrogens (tertiary/aromatic N) is 4. The number of hydrogen-bond acceptors (Lipinski definition) is 5. The molecule has 3 aliphatic rings. The Morgan fingerprint density at radius 2 is 1.70 bits per heavy atom. The van der Waals surface area contributed by atoms with Crippen LogP contribution in [0.3, 0.4) is 0 Å². The molecule has 8 nitrogen and oxygen atoms in total. The molecule has 162 valence electrons. The first-order chi connectivity index (χ1) is 14.4. The van der Waals surface area contributed by atoms with Gasteiger partial charge in [0.15, 0.2) is 0 Å². The molecule has 3 aliphatic heterocycles. The number of rotatable bonds is 6. The summed E-state index contributed by atoms with van der Waals surface area (Å²) in [5, 5.41) is 2.92. The fraction of sp³-hybridized carbons (Fsp3) is 0.591. The van der Waals surface area contributed by atoms with Gasteiger partial charge in [-0.05, 0) is 25.0 Å². The van der Waals surface area contributed by atoms with Crippen LogP contribution in [0, 0.1) is 0 Å². The second-order valence-corrected chi connectivity index (χ2v) is 8.73. The van der Waals surface area contributed by atoms with E-state index >= 15 is 0 Å². The summed E-state index contributed by atoms with van der Waals surface area (Å²) in [6, 6.07) is 7.68. The van der Waals surface area contributed by atoms with E-state index in [1.54, 1.807) is 4.90 Å². The number of urea groups is 1. The Bertz CT molecular complexity index is 776. The Kier molecular flexibility index (Phi) is 6.06. The Morgan fingerprint density at radius 1 is 1.03 bits per heavy atom. The number of piperazine rings is 1. The van der Waals surface area contributed by atoms with Gasteiger partial charge in [-0.15, -0.1) is 0 Å². The van der Waals surface area contributed by atoms with Gasteiger partial charge in [0, 0.05) is 58.3 Å². The van der Waals surface area contributed by atoms with Crippen LogP contribution in [0.2, 0.25) is 0 Å². The molecule has 0 bridgehead atoms. The Balaban J connectivity index is 1.26. The van der Waals surface area contributed by atoms with Crippen LogP contribution >= 0.6 is 0 Å². The number of carbonyl (C=O) groups is 3. The van der Waals surface area contributed by atoms with E-state index in [0.29, 0.717) is 32.6 Å². The minimum atomic E-state index is -0.358. The maximum absolute atomic E-state index is 12.9. The molecule has 0 unspecified atom stereocenters. The summed E-state index contributed by atoms with van der Waals surface area (Å²) < 4.78 is 0. The van der Waals surface area contributed by atoms with Gasteiger partial charge in [0.05, 0.1) is 6.54 Å².